The van der Waals surface area contributed by atoms with Gasteiger partial charge < -0.3 is 10.2 Å². The van der Waals surface area contributed by atoms with Crippen molar-refractivity contribution in [3.05, 3.63) is 17.5 Å². The normalized spacial score (nSPS) is 20.7. The van der Waals surface area contributed by atoms with Crippen LogP contribution in [-0.2, 0) is 13.6 Å². The van der Waals surface area contributed by atoms with Gasteiger partial charge in [-0.2, -0.15) is 5.10 Å². The van der Waals surface area contributed by atoms with Gasteiger partial charge >= 0.3 is 6.03 Å². The van der Waals surface area contributed by atoms with E-state index in [1.807, 2.05) is 16.6 Å². The SMILES string of the molecule is Cc1nn(C)cc1CN1CCN(C(=O)NC2CCCCC2)CC1. The third kappa shape index (κ3) is 4.25. The molecule has 1 saturated carbocycles. The largest absolute Gasteiger partial charge is 0.335 e. The molecule has 1 aliphatic carbocycles. The van der Waals surface area contributed by atoms with Crippen molar-refractivity contribution in [2.24, 2.45) is 7.05 Å². The first-order valence-electron chi connectivity index (χ1n) is 8.89. The Bertz CT molecular complexity index is 527. The van der Waals surface area contributed by atoms with Gasteiger partial charge in [0.05, 0.1) is 5.69 Å². The molecule has 0 unspecified atom stereocenters. The Morgan fingerprint density at radius 2 is 1.91 bits per heavy atom. The monoisotopic (exact) mass is 319 g/mol. The molecule has 0 atom stereocenters. The summed E-state index contributed by atoms with van der Waals surface area (Å²) in [5, 5.41) is 7.62. The van der Waals surface area contributed by atoms with Crippen molar-refractivity contribution in [2.45, 2.75) is 51.6 Å². The molecule has 1 saturated heterocycles. The predicted molar refractivity (Wildman–Crippen MR) is 90.2 cm³/mol. The minimum atomic E-state index is 0.133. The lowest BCUT2D eigenvalue weighted by Gasteiger charge is -2.36. The second-order valence-corrected chi connectivity index (χ2v) is 6.96. The summed E-state index contributed by atoms with van der Waals surface area (Å²) in [7, 11) is 1.96. The van der Waals surface area contributed by atoms with Crippen molar-refractivity contribution in [1.82, 2.24) is 24.9 Å². The van der Waals surface area contributed by atoms with E-state index in [4.69, 9.17) is 0 Å². The number of aromatic nitrogens is 2. The van der Waals surface area contributed by atoms with Crippen LogP contribution in [0, 0.1) is 6.92 Å². The number of hydrogen-bond donors (Lipinski definition) is 1. The Kier molecular flexibility index (Phi) is 5.20. The third-order valence-corrected chi connectivity index (χ3v) is 5.10. The summed E-state index contributed by atoms with van der Waals surface area (Å²) in [6.07, 6.45) is 8.21. The first-order chi connectivity index (χ1) is 11.1. The molecule has 0 radical (unpaired) electrons. The number of amides is 2. The van der Waals surface area contributed by atoms with E-state index >= 15 is 0 Å². The molecule has 1 aromatic heterocycles. The molecule has 0 bridgehead atoms. The highest BCUT2D eigenvalue weighted by Crippen LogP contribution is 2.18. The average Bonchev–Trinajstić information content (AvgIpc) is 2.86. The number of carbonyl (C=O) groups excluding carboxylic acids is 1. The lowest BCUT2D eigenvalue weighted by Crippen LogP contribution is -2.53. The van der Waals surface area contributed by atoms with E-state index in [2.05, 4.69) is 28.4 Å². The van der Waals surface area contributed by atoms with E-state index in [0.717, 1.165) is 51.3 Å². The van der Waals surface area contributed by atoms with E-state index in [9.17, 15) is 4.79 Å². The highest BCUT2D eigenvalue weighted by atomic mass is 16.2. The molecule has 23 heavy (non-hydrogen) atoms. The number of piperazine rings is 1. The van der Waals surface area contributed by atoms with Crippen molar-refractivity contribution in [3.8, 4) is 0 Å². The van der Waals surface area contributed by atoms with Gasteiger partial charge in [0.15, 0.2) is 0 Å². The lowest BCUT2D eigenvalue weighted by atomic mass is 9.96. The molecule has 2 fully saturated rings. The van der Waals surface area contributed by atoms with Crippen molar-refractivity contribution in [2.75, 3.05) is 26.2 Å². The number of aryl methyl sites for hydroxylation is 2. The van der Waals surface area contributed by atoms with Gasteiger partial charge in [0.1, 0.15) is 0 Å². The lowest BCUT2D eigenvalue weighted by molar-refractivity contribution is 0.131. The van der Waals surface area contributed by atoms with Crippen molar-refractivity contribution in [1.29, 1.82) is 0 Å². The van der Waals surface area contributed by atoms with Gasteiger partial charge in [0.2, 0.25) is 0 Å². The zero-order valence-corrected chi connectivity index (χ0v) is 14.4. The third-order valence-electron chi connectivity index (χ3n) is 5.10. The summed E-state index contributed by atoms with van der Waals surface area (Å²) in [4.78, 5) is 16.8. The van der Waals surface area contributed by atoms with Gasteiger partial charge in [-0.15, -0.1) is 0 Å². The van der Waals surface area contributed by atoms with Crippen LogP contribution < -0.4 is 5.32 Å². The minimum Gasteiger partial charge on any atom is -0.335 e. The molecule has 128 valence electrons. The van der Waals surface area contributed by atoms with Gasteiger partial charge in [-0.3, -0.25) is 9.58 Å². The molecule has 3 rings (SSSR count). The van der Waals surface area contributed by atoms with E-state index in [-0.39, 0.29) is 6.03 Å². The summed E-state index contributed by atoms with van der Waals surface area (Å²) >= 11 is 0. The molecule has 6 heteroatoms. The summed E-state index contributed by atoms with van der Waals surface area (Å²) < 4.78 is 1.87. The van der Waals surface area contributed by atoms with Crippen LogP contribution in [0.1, 0.15) is 43.4 Å². The summed E-state index contributed by atoms with van der Waals surface area (Å²) in [6, 6.07) is 0.529. The van der Waals surface area contributed by atoms with Crippen LogP contribution in [0.25, 0.3) is 0 Å². The fourth-order valence-corrected chi connectivity index (χ4v) is 3.67. The van der Waals surface area contributed by atoms with Gasteiger partial charge in [0.25, 0.3) is 0 Å². The summed E-state index contributed by atoms with van der Waals surface area (Å²) in [5.74, 6) is 0. The van der Waals surface area contributed by atoms with Gasteiger partial charge in [-0.05, 0) is 19.8 Å². The Morgan fingerprint density at radius 3 is 2.52 bits per heavy atom. The maximum Gasteiger partial charge on any atom is 0.317 e. The molecule has 2 amide bonds. The van der Waals surface area contributed by atoms with Gasteiger partial charge in [-0.1, -0.05) is 19.3 Å². The second kappa shape index (κ2) is 7.34. The van der Waals surface area contributed by atoms with E-state index in [1.54, 1.807) is 0 Å². The van der Waals surface area contributed by atoms with Gasteiger partial charge in [-0.25, -0.2) is 4.79 Å². The fraction of sp³-hybridized carbons (Fsp3) is 0.765. The van der Waals surface area contributed by atoms with Crippen molar-refractivity contribution >= 4 is 6.03 Å². The molecule has 1 aromatic rings. The Hall–Kier alpha value is -1.56. The molecule has 1 aliphatic heterocycles. The highest BCUT2D eigenvalue weighted by Gasteiger charge is 2.24. The Balaban J connectivity index is 1.44. The van der Waals surface area contributed by atoms with Crippen LogP contribution in [0.4, 0.5) is 4.79 Å². The molecule has 1 N–H and O–H groups in total. The second-order valence-electron chi connectivity index (χ2n) is 6.96. The molecule has 2 heterocycles. The van der Waals surface area contributed by atoms with E-state index in [0.29, 0.717) is 6.04 Å². The molecular weight excluding hydrogens is 290 g/mol. The van der Waals surface area contributed by atoms with Crippen molar-refractivity contribution in [3.63, 3.8) is 0 Å². The number of hydrogen-bond acceptors (Lipinski definition) is 3. The van der Waals surface area contributed by atoms with E-state index in [1.165, 1.54) is 24.8 Å². The molecule has 0 spiro atoms. The first kappa shape index (κ1) is 16.3. The number of nitrogens with zero attached hydrogens (tertiary/aromatic N) is 4. The van der Waals surface area contributed by atoms with Crippen LogP contribution in [0.5, 0.6) is 0 Å². The number of carbonyl (C=O) groups is 1. The maximum absolute atomic E-state index is 12.4. The maximum atomic E-state index is 12.4. The molecule has 0 aromatic carbocycles. The Morgan fingerprint density at radius 1 is 1.22 bits per heavy atom. The van der Waals surface area contributed by atoms with Crippen LogP contribution in [0.2, 0.25) is 0 Å². The van der Waals surface area contributed by atoms with Crippen LogP contribution >= 0.6 is 0 Å². The standard InChI is InChI=1S/C17H29N5O/c1-14-15(12-20(2)19-14)13-21-8-10-22(11-9-21)17(23)18-16-6-4-3-5-7-16/h12,16H,3-11,13H2,1-2H3,(H,18,23). The zero-order chi connectivity index (χ0) is 16.2. The topological polar surface area (TPSA) is 53.4 Å². The highest BCUT2D eigenvalue weighted by molar-refractivity contribution is 5.74. The average molecular weight is 319 g/mol. The Labute approximate surface area is 138 Å². The number of urea groups is 1. The fourth-order valence-electron chi connectivity index (χ4n) is 3.67. The van der Waals surface area contributed by atoms with Gasteiger partial charge in [0, 0.05) is 57.6 Å². The predicted octanol–water partition coefficient (Wildman–Crippen LogP) is 1.89. The number of nitrogens with one attached hydrogen (secondary N) is 1. The summed E-state index contributed by atoms with van der Waals surface area (Å²) in [5.41, 5.74) is 2.39. The van der Waals surface area contributed by atoms with Crippen LogP contribution in [-0.4, -0.2) is 57.8 Å². The van der Waals surface area contributed by atoms with E-state index < -0.39 is 0 Å². The van der Waals surface area contributed by atoms with Crippen LogP contribution in [0.3, 0.4) is 0 Å². The molecular formula is C17H29N5O. The molecule has 6 nitrogen and oxygen atoms in total. The zero-order valence-electron chi connectivity index (χ0n) is 14.4. The first-order valence-corrected chi connectivity index (χ1v) is 8.89. The molecule has 2 aliphatic rings. The summed E-state index contributed by atoms with van der Waals surface area (Å²) in [6.45, 7) is 6.50. The minimum absolute atomic E-state index is 0.133. The quantitative estimate of drug-likeness (QED) is 0.925. The number of rotatable bonds is 3. The van der Waals surface area contributed by atoms with Crippen LogP contribution in [0.15, 0.2) is 6.20 Å². The smallest absolute Gasteiger partial charge is 0.317 e. The van der Waals surface area contributed by atoms with Crippen molar-refractivity contribution < 1.29 is 4.79 Å².